The highest BCUT2D eigenvalue weighted by Crippen LogP contribution is 2.18. The Morgan fingerprint density at radius 1 is 1.06 bits per heavy atom. The molecule has 2 aromatic rings. The van der Waals surface area contributed by atoms with E-state index in [0.29, 0.717) is 6.42 Å². The Bertz CT molecular complexity index is 471. The van der Waals surface area contributed by atoms with Crippen LogP contribution in [0.2, 0.25) is 0 Å². The molecule has 0 fully saturated rings. The van der Waals surface area contributed by atoms with Crippen molar-refractivity contribution in [2.45, 2.75) is 6.42 Å². The summed E-state index contributed by atoms with van der Waals surface area (Å²) in [5.74, 6) is 0. The Kier molecular flexibility index (Phi) is 3.33. The molecular formula is C12H11N3O. The molecule has 2 rings (SSSR count). The van der Waals surface area contributed by atoms with Gasteiger partial charge in [-0.25, -0.2) is 0 Å². The topological polar surface area (TPSA) is 55.2 Å². The molecule has 4 heteroatoms. The molecule has 0 aliphatic carbocycles. The van der Waals surface area contributed by atoms with E-state index in [1.165, 1.54) is 0 Å². The molecule has 0 saturated heterocycles. The van der Waals surface area contributed by atoms with Gasteiger partial charge in [0, 0.05) is 12.4 Å². The standard InChI is InChI=1S/C12H11N3O/c16-15-9-6-10-4-3-8-14-12(10)11-5-1-2-7-13-11/h1-5,7-8H,6,9H2. The molecule has 0 spiro atoms. The SMILES string of the molecule is O=NCCc1cccnc1-c1ccccn1. The molecule has 0 bridgehead atoms. The van der Waals surface area contributed by atoms with Crippen LogP contribution in [-0.4, -0.2) is 16.5 Å². The van der Waals surface area contributed by atoms with Gasteiger partial charge >= 0.3 is 0 Å². The van der Waals surface area contributed by atoms with Gasteiger partial charge in [0.2, 0.25) is 0 Å². The zero-order valence-electron chi connectivity index (χ0n) is 8.71. The second-order valence-electron chi connectivity index (χ2n) is 3.33. The van der Waals surface area contributed by atoms with Crippen molar-refractivity contribution < 1.29 is 0 Å². The van der Waals surface area contributed by atoms with Crippen molar-refractivity contribution in [3.05, 3.63) is 53.2 Å². The van der Waals surface area contributed by atoms with Crippen LogP contribution in [0.25, 0.3) is 11.4 Å². The number of hydrogen-bond acceptors (Lipinski definition) is 4. The molecule has 0 saturated carbocycles. The average molecular weight is 213 g/mol. The maximum absolute atomic E-state index is 10.1. The summed E-state index contributed by atoms with van der Waals surface area (Å²) in [5, 5.41) is 2.87. The number of nitroso groups, excluding NO2 is 1. The van der Waals surface area contributed by atoms with Gasteiger partial charge in [-0.1, -0.05) is 17.3 Å². The van der Waals surface area contributed by atoms with E-state index in [0.717, 1.165) is 17.0 Å². The van der Waals surface area contributed by atoms with Gasteiger partial charge < -0.3 is 0 Å². The zero-order chi connectivity index (χ0) is 11.2. The minimum absolute atomic E-state index is 0.269. The first-order valence-corrected chi connectivity index (χ1v) is 5.06. The molecule has 0 aromatic carbocycles. The third-order valence-corrected chi connectivity index (χ3v) is 2.27. The van der Waals surface area contributed by atoms with Crippen LogP contribution in [0, 0.1) is 4.91 Å². The Balaban J connectivity index is 2.36. The van der Waals surface area contributed by atoms with Gasteiger partial charge in [0.25, 0.3) is 0 Å². The highest BCUT2D eigenvalue weighted by molar-refractivity contribution is 5.58. The summed E-state index contributed by atoms with van der Waals surface area (Å²) in [4.78, 5) is 18.7. The van der Waals surface area contributed by atoms with E-state index in [9.17, 15) is 4.91 Å². The fraction of sp³-hybridized carbons (Fsp3) is 0.167. The second kappa shape index (κ2) is 5.11. The van der Waals surface area contributed by atoms with E-state index in [1.807, 2.05) is 30.3 Å². The lowest BCUT2D eigenvalue weighted by molar-refractivity contribution is 0.952. The van der Waals surface area contributed by atoms with E-state index < -0.39 is 0 Å². The average Bonchev–Trinajstić information content (AvgIpc) is 2.38. The van der Waals surface area contributed by atoms with Crippen molar-refractivity contribution in [2.24, 2.45) is 5.18 Å². The molecule has 0 aliphatic rings. The van der Waals surface area contributed by atoms with E-state index in [4.69, 9.17) is 0 Å². The monoisotopic (exact) mass is 213 g/mol. The minimum Gasteiger partial charge on any atom is -0.255 e. The van der Waals surface area contributed by atoms with E-state index in [2.05, 4.69) is 15.1 Å². The molecule has 2 heterocycles. The summed E-state index contributed by atoms with van der Waals surface area (Å²) in [6.45, 7) is 0.269. The first-order valence-electron chi connectivity index (χ1n) is 5.06. The van der Waals surface area contributed by atoms with Gasteiger partial charge in [-0.3, -0.25) is 9.97 Å². The summed E-state index contributed by atoms with van der Waals surface area (Å²) in [6.07, 6.45) is 4.05. The highest BCUT2D eigenvalue weighted by atomic mass is 16.3. The van der Waals surface area contributed by atoms with E-state index in [1.54, 1.807) is 12.4 Å². The molecule has 16 heavy (non-hydrogen) atoms. The van der Waals surface area contributed by atoms with Gasteiger partial charge in [-0.05, 0) is 30.2 Å². The lowest BCUT2D eigenvalue weighted by atomic mass is 10.1. The smallest absolute Gasteiger partial charge is 0.0918 e. The Morgan fingerprint density at radius 2 is 1.94 bits per heavy atom. The van der Waals surface area contributed by atoms with Gasteiger partial charge in [-0.2, -0.15) is 4.91 Å². The molecule has 0 aliphatic heterocycles. The number of rotatable bonds is 4. The Labute approximate surface area is 93.4 Å². The third kappa shape index (κ3) is 2.28. The first kappa shape index (κ1) is 10.4. The van der Waals surface area contributed by atoms with Crippen LogP contribution in [0.1, 0.15) is 5.56 Å². The molecular weight excluding hydrogens is 202 g/mol. The van der Waals surface area contributed by atoms with Crippen LogP contribution in [0.15, 0.2) is 47.9 Å². The summed E-state index contributed by atoms with van der Waals surface area (Å²) >= 11 is 0. The van der Waals surface area contributed by atoms with Crippen molar-refractivity contribution in [3.63, 3.8) is 0 Å². The number of aromatic nitrogens is 2. The highest BCUT2D eigenvalue weighted by Gasteiger charge is 2.06. The van der Waals surface area contributed by atoms with Crippen molar-refractivity contribution >= 4 is 0 Å². The van der Waals surface area contributed by atoms with E-state index in [-0.39, 0.29) is 6.54 Å². The van der Waals surface area contributed by atoms with E-state index >= 15 is 0 Å². The first-order chi connectivity index (χ1) is 7.92. The molecule has 0 atom stereocenters. The van der Waals surface area contributed by atoms with Crippen molar-refractivity contribution in [1.82, 2.24) is 9.97 Å². The Morgan fingerprint density at radius 3 is 2.69 bits per heavy atom. The van der Waals surface area contributed by atoms with Crippen LogP contribution in [0.3, 0.4) is 0 Å². The number of nitrogens with zero attached hydrogens (tertiary/aromatic N) is 3. The summed E-state index contributed by atoms with van der Waals surface area (Å²) in [5.41, 5.74) is 2.65. The summed E-state index contributed by atoms with van der Waals surface area (Å²) < 4.78 is 0. The normalized spacial score (nSPS) is 10.0. The third-order valence-electron chi connectivity index (χ3n) is 2.27. The van der Waals surface area contributed by atoms with Crippen molar-refractivity contribution in [2.75, 3.05) is 6.54 Å². The van der Waals surface area contributed by atoms with Crippen LogP contribution in [0.5, 0.6) is 0 Å². The predicted molar refractivity (Wildman–Crippen MR) is 61.8 cm³/mol. The minimum atomic E-state index is 0.269. The second-order valence-corrected chi connectivity index (χ2v) is 3.33. The van der Waals surface area contributed by atoms with Crippen LogP contribution in [-0.2, 0) is 6.42 Å². The lowest BCUT2D eigenvalue weighted by Gasteiger charge is -2.05. The van der Waals surface area contributed by atoms with Gasteiger partial charge in [-0.15, -0.1) is 0 Å². The molecule has 4 nitrogen and oxygen atoms in total. The fourth-order valence-electron chi connectivity index (χ4n) is 1.54. The lowest BCUT2D eigenvalue weighted by Crippen LogP contribution is -1.96. The fourth-order valence-corrected chi connectivity index (χ4v) is 1.54. The van der Waals surface area contributed by atoms with Crippen LogP contribution >= 0.6 is 0 Å². The largest absolute Gasteiger partial charge is 0.255 e. The summed E-state index contributed by atoms with van der Waals surface area (Å²) in [6, 6.07) is 9.48. The Hall–Kier alpha value is -2.10. The zero-order valence-corrected chi connectivity index (χ0v) is 8.71. The predicted octanol–water partition coefficient (Wildman–Crippen LogP) is 2.45. The van der Waals surface area contributed by atoms with Crippen LogP contribution < -0.4 is 0 Å². The quantitative estimate of drug-likeness (QED) is 0.733. The molecule has 80 valence electrons. The number of pyridine rings is 2. The molecule has 0 amide bonds. The molecule has 0 radical (unpaired) electrons. The van der Waals surface area contributed by atoms with Crippen molar-refractivity contribution in [1.29, 1.82) is 0 Å². The van der Waals surface area contributed by atoms with Gasteiger partial charge in [0.05, 0.1) is 17.9 Å². The molecule has 2 aromatic heterocycles. The summed E-state index contributed by atoms with van der Waals surface area (Å²) in [7, 11) is 0. The van der Waals surface area contributed by atoms with Crippen molar-refractivity contribution in [3.8, 4) is 11.4 Å². The molecule has 0 N–H and O–H groups in total. The maximum atomic E-state index is 10.1. The number of hydrogen-bond donors (Lipinski definition) is 0. The van der Waals surface area contributed by atoms with Gasteiger partial charge in [0.1, 0.15) is 0 Å². The maximum Gasteiger partial charge on any atom is 0.0918 e. The van der Waals surface area contributed by atoms with Gasteiger partial charge in [0.15, 0.2) is 0 Å². The molecule has 0 unspecified atom stereocenters. The van der Waals surface area contributed by atoms with Crippen LogP contribution in [0.4, 0.5) is 0 Å².